The Morgan fingerprint density at radius 1 is 1.11 bits per heavy atom. The van der Waals surface area contributed by atoms with Crippen molar-refractivity contribution in [1.82, 2.24) is 14.9 Å². The summed E-state index contributed by atoms with van der Waals surface area (Å²) >= 11 is 0. The number of benzene rings is 2. The van der Waals surface area contributed by atoms with E-state index in [1.165, 1.54) is 5.56 Å². The normalized spacial score (nSPS) is 19.8. The molecule has 0 aliphatic carbocycles. The van der Waals surface area contributed by atoms with E-state index in [-0.39, 0.29) is 6.10 Å². The molecule has 148 valence electrons. The van der Waals surface area contributed by atoms with Crippen molar-refractivity contribution < 1.29 is 9.47 Å². The standard InChI is InChI=1S/C23H29N3O2/c1-2-27-15-14-26-22-11-7-6-10-21(22)25-23(26)28-20-12-13-24-19(17-20)16-18-8-4-3-5-9-18/h3-11,19-20,24H,2,12-17H2,1H3/t19-,20+/m0/s1. The Hall–Kier alpha value is -2.37. The predicted octanol–water partition coefficient (Wildman–Crippen LogP) is 3.81. The van der Waals surface area contributed by atoms with Crippen LogP contribution >= 0.6 is 0 Å². The third kappa shape index (κ3) is 4.54. The quantitative estimate of drug-likeness (QED) is 0.605. The van der Waals surface area contributed by atoms with Crippen LogP contribution in [0.2, 0.25) is 0 Å². The highest BCUT2D eigenvalue weighted by atomic mass is 16.5. The Morgan fingerprint density at radius 2 is 1.93 bits per heavy atom. The van der Waals surface area contributed by atoms with Crippen LogP contribution < -0.4 is 10.1 Å². The first kappa shape index (κ1) is 19.0. The summed E-state index contributed by atoms with van der Waals surface area (Å²) in [4.78, 5) is 4.76. The third-order valence-corrected chi connectivity index (χ3v) is 5.33. The van der Waals surface area contributed by atoms with Crippen LogP contribution in [0.15, 0.2) is 54.6 Å². The Bertz CT molecular complexity index is 878. The summed E-state index contributed by atoms with van der Waals surface area (Å²) in [6.07, 6.45) is 3.20. The maximum Gasteiger partial charge on any atom is 0.297 e. The number of aromatic nitrogens is 2. The van der Waals surface area contributed by atoms with Gasteiger partial charge in [-0.1, -0.05) is 42.5 Å². The molecule has 0 spiro atoms. The second kappa shape index (κ2) is 9.22. The summed E-state index contributed by atoms with van der Waals surface area (Å²) in [5, 5.41) is 3.64. The molecule has 3 aromatic rings. The number of ether oxygens (including phenoxy) is 2. The van der Waals surface area contributed by atoms with Crippen LogP contribution in [-0.4, -0.2) is 41.5 Å². The van der Waals surface area contributed by atoms with Crippen molar-refractivity contribution in [3.8, 4) is 6.01 Å². The van der Waals surface area contributed by atoms with E-state index in [0.717, 1.165) is 50.0 Å². The Balaban J connectivity index is 1.46. The van der Waals surface area contributed by atoms with Gasteiger partial charge in [-0.25, -0.2) is 0 Å². The van der Waals surface area contributed by atoms with Gasteiger partial charge >= 0.3 is 0 Å². The zero-order valence-corrected chi connectivity index (χ0v) is 16.5. The number of imidazole rings is 1. The van der Waals surface area contributed by atoms with E-state index in [0.29, 0.717) is 18.7 Å². The number of hydrogen-bond acceptors (Lipinski definition) is 4. The van der Waals surface area contributed by atoms with Crippen molar-refractivity contribution in [2.75, 3.05) is 19.8 Å². The van der Waals surface area contributed by atoms with Crippen molar-refractivity contribution in [1.29, 1.82) is 0 Å². The van der Waals surface area contributed by atoms with Gasteiger partial charge in [-0.3, -0.25) is 4.57 Å². The number of nitrogens with zero attached hydrogens (tertiary/aromatic N) is 2. The molecule has 5 nitrogen and oxygen atoms in total. The molecule has 0 radical (unpaired) electrons. The van der Waals surface area contributed by atoms with Crippen LogP contribution in [0.25, 0.3) is 11.0 Å². The highest BCUT2D eigenvalue weighted by Gasteiger charge is 2.25. The van der Waals surface area contributed by atoms with Crippen molar-refractivity contribution in [3.05, 3.63) is 60.2 Å². The van der Waals surface area contributed by atoms with Crippen LogP contribution in [0.5, 0.6) is 6.01 Å². The molecule has 28 heavy (non-hydrogen) atoms. The fourth-order valence-corrected chi connectivity index (χ4v) is 3.94. The molecule has 1 aromatic heterocycles. The van der Waals surface area contributed by atoms with Gasteiger partial charge in [0, 0.05) is 19.1 Å². The molecule has 2 heterocycles. The van der Waals surface area contributed by atoms with Gasteiger partial charge in [-0.05, 0) is 44.0 Å². The Morgan fingerprint density at radius 3 is 2.79 bits per heavy atom. The van der Waals surface area contributed by atoms with Crippen LogP contribution in [0.4, 0.5) is 0 Å². The molecule has 2 atom stereocenters. The average Bonchev–Trinajstić information content (AvgIpc) is 3.06. The highest BCUT2D eigenvalue weighted by molar-refractivity contribution is 5.76. The van der Waals surface area contributed by atoms with Gasteiger partial charge in [0.1, 0.15) is 6.10 Å². The molecule has 1 fully saturated rings. The van der Waals surface area contributed by atoms with Gasteiger partial charge < -0.3 is 14.8 Å². The molecule has 0 saturated carbocycles. The molecule has 1 aliphatic heterocycles. The maximum absolute atomic E-state index is 6.43. The lowest BCUT2D eigenvalue weighted by Crippen LogP contribution is -2.43. The van der Waals surface area contributed by atoms with Crippen molar-refractivity contribution in [3.63, 3.8) is 0 Å². The van der Waals surface area contributed by atoms with Gasteiger partial charge in [-0.15, -0.1) is 0 Å². The van der Waals surface area contributed by atoms with Gasteiger partial charge in [-0.2, -0.15) is 4.98 Å². The van der Waals surface area contributed by atoms with Crippen molar-refractivity contribution in [2.45, 2.75) is 44.9 Å². The zero-order valence-electron chi connectivity index (χ0n) is 16.5. The predicted molar refractivity (Wildman–Crippen MR) is 112 cm³/mol. The lowest BCUT2D eigenvalue weighted by Gasteiger charge is -2.30. The number of nitrogens with one attached hydrogen (secondary N) is 1. The maximum atomic E-state index is 6.43. The average molecular weight is 380 g/mol. The topological polar surface area (TPSA) is 48.3 Å². The van der Waals surface area contributed by atoms with E-state index in [1.54, 1.807) is 0 Å². The van der Waals surface area contributed by atoms with Gasteiger partial charge in [0.25, 0.3) is 6.01 Å². The van der Waals surface area contributed by atoms with Crippen LogP contribution in [0.3, 0.4) is 0 Å². The molecule has 1 saturated heterocycles. The smallest absolute Gasteiger partial charge is 0.297 e. The Kier molecular flexibility index (Phi) is 6.24. The summed E-state index contributed by atoms with van der Waals surface area (Å²) in [5.74, 6) is 0. The van der Waals surface area contributed by atoms with Crippen LogP contribution in [0.1, 0.15) is 25.3 Å². The molecule has 0 unspecified atom stereocenters. The lowest BCUT2D eigenvalue weighted by molar-refractivity contribution is 0.111. The molecular formula is C23H29N3O2. The van der Waals surface area contributed by atoms with E-state index in [1.807, 2.05) is 25.1 Å². The molecule has 2 aromatic carbocycles. The summed E-state index contributed by atoms with van der Waals surface area (Å²) in [7, 11) is 0. The van der Waals surface area contributed by atoms with Gasteiger partial charge in [0.2, 0.25) is 0 Å². The first-order valence-corrected chi connectivity index (χ1v) is 10.3. The van der Waals surface area contributed by atoms with E-state index >= 15 is 0 Å². The summed E-state index contributed by atoms with van der Waals surface area (Å²) in [6.45, 7) is 5.13. The molecule has 5 heteroatoms. The van der Waals surface area contributed by atoms with E-state index in [4.69, 9.17) is 14.5 Å². The first-order chi connectivity index (χ1) is 13.8. The van der Waals surface area contributed by atoms with E-state index in [2.05, 4.69) is 46.3 Å². The number of piperidine rings is 1. The van der Waals surface area contributed by atoms with Gasteiger partial charge in [0.15, 0.2) is 0 Å². The number of rotatable bonds is 8. The molecule has 1 N–H and O–H groups in total. The first-order valence-electron chi connectivity index (χ1n) is 10.3. The molecule has 0 amide bonds. The SMILES string of the molecule is CCOCCn1c(O[C@@H]2CCN[C@@H](Cc3ccccc3)C2)nc2ccccc21. The Labute approximate surface area is 166 Å². The minimum atomic E-state index is 0.178. The number of fused-ring (bicyclic) bond motifs is 1. The minimum absolute atomic E-state index is 0.178. The zero-order chi connectivity index (χ0) is 19.2. The number of para-hydroxylation sites is 2. The largest absolute Gasteiger partial charge is 0.461 e. The molecular weight excluding hydrogens is 350 g/mol. The van der Waals surface area contributed by atoms with Crippen LogP contribution in [0, 0.1) is 0 Å². The second-order valence-corrected chi connectivity index (χ2v) is 7.34. The minimum Gasteiger partial charge on any atom is -0.461 e. The number of hydrogen-bond donors (Lipinski definition) is 1. The molecule has 0 bridgehead atoms. The highest BCUT2D eigenvalue weighted by Crippen LogP contribution is 2.25. The molecule has 1 aliphatic rings. The van der Waals surface area contributed by atoms with Crippen molar-refractivity contribution >= 4 is 11.0 Å². The fourth-order valence-electron chi connectivity index (χ4n) is 3.94. The fraction of sp³-hybridized carbons (Fsp3) is 0.435. The van der Waals surface area contributed by atoms with Gasteiger partial charge in [0.05, 0.1) is 24.2 Å². The second-order valence-electron chi connectivity index (χ2n) is 7.34. The van der Waals surface area contributed by atoms with Crippen molar-refractivity contribution in [2.24, 2.45) is 0 Å². The van der Waals surface area contributed by atoms with E-state index in [9.17, 15) is 0 Å². The summed E-state index contributed by atoms with van der Waals surface area (Å²) in [5.41, 5.74) is 3.44. The lowest BCUT2D eigenvalue weighted by atomic mass is 9.96. The summed E-state index contributed by atoms with van der Waals surface area (Å²) in [6, 6.07) is 20.0. The monoisotopic (exact) mass is 379 g/mol. The summed E-state index contributed by atoms with van der Waals surface area (Å²) < 4.78 is 14.1. The molecule has 4 rings (SSSR count). The van der Waals surface area contributed by atoms with E-state index < -0.39 is 0 Å². The third-order valence-electron chi connectivity index (χ3n) is 5.33. The van der Waals surface area contributed by atoms with Crippen LogP contribution in [-0.2, 0) is 17.7 Å².